The maximum Gasteiger partial charge on any atom is 0.251 e. The average molecular weight is 285 g/mol. The molecule has 1 aliphatic rings. The fourth-order valence-corrected chi connectivity index (χ4v) is 2.80. The molecule has 4 nitrogen and oxygen atoms in total. The van der Waals surface area contributed by atoms with Gasteiger partial charge in [0.25, 0.3) is 5.91 Å². The Bertz CT molecular complexity index is 615. The van der Waals surface area contributed by atoms with E-state index in [-0.39, 0.29) is 11.9 Å². The summed E-state index contributed by atoms with van der Waals surface area (Å²) in [5, 5.41) is 3.10. The van der Waals surface area contributed by atoms with Gasteiger partial charge >= 0.3 is 0 Å². The number of benzene rings is 1. The van der Waals surface area contributed by atoms with Gasteiger partial charge in [0.2, 0.25) is 0 Å². The maximum atomic E-state index is 12.3. The van der Waals surface area contributed by atoms with Gasteiger partial charge in [-0.2, -0.15) is 0 Å². The lowest BCUT2D eigenvalue weighted by molar-refractivity contribution is 0.0932. The highest BCUT2D eigenvalue weighted by Crippen LogP contribution is 2.30. The van der Waals surface area contributed by atoms with Crippen LogP contribution in [0, 0.1) is 0 Å². The summed E-state index contributed by atoms with van der Waals surface area (Å²) in [6.45, 7) is 0.558. The van der Waals surface area contributed by atoms with Crippen LogP contribution < -0.4 is 5.32 Å². The number of nitrogens with one attached hydrogen (secondary N) is 1. The lowest BCUT2D eigenvalue weighted by Crippen LogP contribution is -2.30. The molecule has 0 bridgehead atoms. The predicted octanol–water partition coefficient (Wildman–Crippen LogP) is 3.23. The highest BCUT2D eigenvalue weighted by molar-refractivity contribution is 5.94. The molecule has 110 valence electrons. The van der Waals surface area contributed by atoms with Crippen molar-refractivity contribution in [3.63, 3.8) is 0 Å². The molecule has 1 aliphatic carbocycles. The third-order valence-electron chi connectivity index (χ3n) is 3.88. The van der Waals surface area contributed by atoms with E-state index in [1.165, 1.54) is 0 Å². The molecule has 0 saturated carbocycles. The molecule has 21 heavy (non-hydrogen) atoms. The Kier molecular flexibility index (Phi) is 4.06. The third-order valence-corrected chi connectivity index (χ3v) is 3.88. The molecule has 1 unspecified atom stereocenters. The van der Waals surface area contributed by atoms with Gasteiger partial charge in [0.05, 0.1) is 18.9 Å². The second kappa shape index (κ2) is 6.14. The van der Waals surface area contributed by atoms with E-state index in [9.17, 15) is 4.79 Å². The fraction of sp³-hybridized carbons (Fsp3) is 0.353. The van der Waals surface area contributed by atoms with Crippen LogP contribution in [0.2, 0.25) is 0 Å². The summed E-state index contributed by atoms with van der Waals surface area (Å²) in [5.74, 6) is 0.958. The SMILES string of the molecule is COCc1ccc(C(=O)NC2CCCc3occc32)cc1. The van der Waals surface area contributed by atoms with Gasteiger partial charge < -0.3 is 14.5 Å². The standard InChI is InChI=1S/C17H19NO3/c1-20-11-12-5-7-13(8-6-12)17(19)18-15-3-2-4-16-14(15)9-10-21-16/h5-10,15H,2-4,11H2,1H3,(H,18,19). The number of methoxy groups -OCH3 is 1. The Labute approximate surface area is 124 Å². The maximum absolute atomic E-state index is 12.3. The lowest BCUT2D eigenvalue weighted by Gasteiger charge is -2.22. The first-order chi connectivity index (χ1) is 10.3. The first kappa shape index (κ1) is 13.9. The van der Waals surface area contributed by atoms with Gasteiger partial charge in [-0.1, -0.05) is 12.1 Å². The Balaban J connectivity index is 1.70. The van der Waals surface area contributed by atoms with Crippen LogP contribution in [0.25, 0.3) is 0 Å². The molecule has 1 aromatic carbocycles. The van der Waals surface area contributed by atoms with Crippen molar-refractivity contribution in [2.75, 3.05) is 7.11 Å². The van der Waals surface area contributed by atoms with Crippen molar-refractivity contribution in [2.24, 2.45) is 0 Å². The smallest absolute Gasteiger partial charge is 0.251 e. The minimum atomic E-state index is -0.0435. The highest BCUT2D eigenvalue weighted by atomic mass is 16.5. The van der Waals surface area contributed by atoms with Crippen molar-refractivity contribution < 1.29 is 13.9 Å². The lowest BCUT2D eigenvalue weighted by atomic mass is 9.93. The first-order valence-corrected chi connectivity index (χ1v) is 7.23. The molecule has 0 saturated heterocycles. The minimum Gasteiger partial charge on any atom is -0.469 e. The number of carbonyl (C=O) groups excluding carboxylic acids is 1. The second-order valence-electron chi connectivity index (χ2n) is 5.35. The first-order valence-electron chi connectivity index (χ1n) is 7.23. The van der Waals surface area contributed by atoms with Crippen molar-refractivity contribution in [2.45, 2.75) is 31.9 Å². The predicted molar refractivity (Wildman–Crippen MR) is 79.0 cm³/mol. The summed E-state index contributed by atoms with van der Waals surface area (Å²) in [7, 11) is 1.66. The molecule has 1 N–H and O–H groups in total. The van der Waals surface area contributed by atoms with E-state index in [1.54, 1.807) is 13.4 Å². The fourth-order valence-electron chi connectivity index (χ4n) is 2.80. The number of fused-ring (bicyclic) bond motifs is 1. The third kappa shape index (κ3) is 3.00. The van der Waals surface area contributed by atoms with Crippen LogP contribution in [-0.2, 0) is 17.8 Å². The molecule has 1 atom stereocenters. The van der Waals surface area contributed by atoms with Crippen LogP contribution in [0.1, 0.15) is 46.1 Å². The highest BCUT2D eigenvalue weighted by Gasteiger charge is 2.24. The Morgan fingerprint density at radius 2 is 2.14 bits per heavy atom. The van der Waals surface area contributed by atoms with Gasteiger partial charge in [-0.25, -0.2) is 0 Å². The van der Waals surface area contributed by atoms with E-state index < -0.39 is 0 Å². The van der Waals surface area contributed by atoms with Crippen molar-refractivity contribution >= 4 is 5.91 Å². The van der Waals surface area contributed by atoms with E-state index in [4.69, 9.17) is 9.15 Å². The van der Waals surface area contributed by atoms with Crippen LogP contribution in [0.4, 0.5) is 0 Å². The van der Waals surface area contributed by atoms with Crippen molar-refractivity contribution in [3.05, 3.63) is 59.0 Å². The van der Waals surface area contributed by atoms with Crippen LogP contribution in [0.5, 0.6) is 0 Å². The van der Waals surface area contributed by atoms with Crippen LogP contribution >= 0.6 is 0 Å². The molecule has 1 aromatic heterocycles. The van der Waals surface area contributed by atoms with E-state index in [1.807, 2.05) is 30.3 Å². The summed E-state index contributed by atoms with van der Waals surface area (Å²) in [6.07, 6.45) is 4.66. The van der Waals surface area contributed by atoms with Gasteiger partial charge in [0.15, 0.2) is 0 Å². The normalized spacial score (nSPS) is 17.3. The van der Waals surface area contributed by atoms with Crippen LogP contribution in [0.15, 0.2) is 41.0 Å². The molecule has 1 amide bonds. The molecule has 4 heteroatoms. The number of aryl methyl sites for hydroxylation is 1. The van der Waals surface area contributed by atoms with E-state index in [0.717, 1.165) is 36.1 Å². The van der Waals surface area contributed by atoms with E-state index >= 15 is 0 Å². The number of rotatable bonds is 4. The summed E-state index contributed by atoms with van der Waals surface area (Å²) < 4.78 is 10.5. The molecule has 2 aromatic rings. The average Bonchev–Trinajstić information content (AvgIpc) is 2.98. The topological polar surface area (TPSA) is 51.5 Å². The van der Waals surface area contributed by atoms with E-state index in [0.29, 0.717) is 12.2 Å². The van der Waals surface area contributed by atoms with Gasteiger partial charge in [-0.3, -0.25) is 4.79 Å². The monoisotopic (exact) mass is 285 g/mol. The largest absolute Gasteiger partial charge is 0.469 e. The molecule has 0 aliphatic heterocycles. The minimum absolute atomic E-state index is 0.0435. The summed E-state index contributed by atoms with van der Waals surface area (Å²) >= 11 is 0. The number of furan rings is 1. The van der Waals surface area contributed by atoms with Gasteiger partial charge in [0, 0.05) is 24.7 Å². The number of ether oxygens (including phenoxy) is 1. The Hall–Kier alpha value is -2.07. The molecular formula is C17H19NO3. The van der Waals surface area contributed by atoms with Crippen molar-refractivity contribution in [1.82, 2.24) is 5.32 Å². The number of carbonyl (C=O) groups is 1. The summed E-state index contributed by atoms with van der Waals surface area (Å²) in [4.78, 5) is 12.3. The van der Waals surface area contributed by atoms with Gasteiger partial charge in [-0.05, 0) is 36.6 Å². The molecule has 0 radical (unpaired) electrons. The summed E-state index contributed by atoms with van der Waals surface area (Å²) in [6, 6.07) is 9.52. The Morgan fingerprint density at radius 1 is 1.33 bits per heavy atom. The zero-order chi connectivity index (χ0) is 14.7. The molecule has 3 rings (SSSR count). The molecule has 1 heterocycles. The van der Waals surface area contributed by atoms with Gasteiger partial charge in [-0.15, -0.1) is 0 Å². The number of amides is 1. The van der Waals surface area contributed by atoms with Gasteiger partial charge in [0.1, 0.15) is 5.76 Å². The van der Waals surface area contributed by atoms with Crippen molar-refractivity contribution in [3.8, 4) is 0 Å². The molecular weight excluding hydrogens is 266 g/mol. The summed E-state index contributed by atoms with van der Waals surface area (Å²) in [5.41, 5.74) is 2.85. The van der Waals surface area contributed by atoms with Crippen LogP contribution in [-0.4, -0.2) is 13.0 Å². The number of hydrogen-bond acceptors (Lipinski definition) is 3. The molecule has 0 spiro atoms. The van der Waals surface area contributed by atoms with Crippen LogP contribution in [0.3, 0.4) is 0 Å². The number of hydrogen-bond donors (Lipinski definition) is 1. The van der Waals surface area contributed by atoms with E-state index in [2.05, 4.69) is 5.32 Å². The quantitative estimate of drug-likeness (QED) is 0.938. The Morgan fingerprint density at radius 3 is 2.90 bits per heavy atom. The molecule has 0 fully saturated rings. The second-order valence-corrected chi connectivity index (χ2v) is 5.35. The van der Waals surface area contributed by atoms with Crippen molar-refractivity contribution in [1.29, 1.82) is 0 Å². The zero-order valence-electron chi connectivity index (χ0n) is 12.1. The zero-order valence-corrected chi connectivity index (χ0v) is 12.1.